The first-order chi connectivity index (χ1) is 16.8. The van der Waals surface area contributed by atoms with E-state index in [2.05, 4.69) is 25.8 Å². The zero-order valence-corrected chi connectivity index (χ0v) is 23.2. The van der Waals surface area contributed by atoms with Gasteiger partial charge in [0, 0.05) is 11.3 Å². The Kier molecular flexibility index (Phi) is 7.23. The van der Waals surface area contributed by atoms with Crippen LogP contribution in [-0.4, -0.2) is 27.6 Å². The van der Waals surface area contributed by atoms with Gasteiger partial charge in [-0.05, 0) is 72.1 Å². The maximum absolute atomic E-state index is 13.5. The number of carbonyl (C=O) groups excluding carboxylic acids is 2. The van der Waals surface area contributed by atoms with Gasteiger partial charge in [-0.25, -0.2) is 9.37 Å². The fourth-order valence-electron chi connectivity index (χ4n) is 4.74. The van der Waals surface area contributed by atoms with Crippen molar-refractivity contribution in [1.82, 2.24) is 4.98 Å². The number of aromatic nitrogens is 1. The number of esters is 1. The number of nitrogens with zero attached hydrogens (tertiary/aromatic N) is 1. The molecule has 0 saturated carbocycles. The van der Waals surface area contributed by atoms with Crippen LogP contribution < -0.4 is 5.73 Å². The van der Waals surface area contributed by atoms with E-state index in [9.17, 15) is 14.0 Å². The number of cyclic esters (lactones) is 1. The van der Waals surface area contributed by atoms with Crippen molar-refractivity contribution in [3.05, 3.63) is 52.8 Å². The van der Waals surface area contributed by atoms with Crippen molar-refractivity contribution in [2.45, 2.75) is 82.0 Å². The number of aryl methyl sites for hydroxylation is 2. The number of rotatable bonds is 6. The zero-order valence-electron chi connectivity index (χ0n) is 21.6. The van der Waals surface area contributed by atoms with Crippen molar-refractivity contribution in [2.24, 2.45) is 5.92 Å². The second kappa shape index (κ2) is 9.78. The lowest BCUT2D eigenvalue weighted by molar-refractivity contribution is -0.176. The average molecular weight is 529 g/mol. The Hall–Kier alpha value is -2.45. The van der Waals surface area contributed by atoms with Crippen LogP contribution in [-0.2, 0) is 26.2 Å². The van der Waals surface area contributed by atoms with Gasteiger partial charge in [0.15, 0.2) is 16.2 Å². The smallest absolute Gasteiger partial charge is 0.327 e. The summed E-state index contributed by atoms with van der Waals surface area (Å²) in [7, 11) is 0. The van der Waals surface area contributed by atoms with Gasteiger partial charge in [-0.15, -0.1) is 11.8 Å². The molecule has 2 N–H and O–H groups in total. The van der Waals surface area contributed by atoms with E-state index in [0.717, 1.165) is 31.8 Å². The molecule has 3 aromatic rings. The summed E-state index contributed by atoms with van der Waals surface area (Å²) < 4.78 is 20.6. The number of nitrogen functional groups attached to an aromatic ring is 1. The van der Waals surface area contributed by atoms with Gasteiger partial charge in [-0.2, -0.15) is 0 Å². The Labute approximate surface area is 220 Å². The van der Waals surface area contributed by atoms with E-state index in [4.69, 9.17) is 10.5 Å². The number of benzene rings is 2. The van der Waals surface area contributed by atoms with Crippen molar-refractivity contribution < 1.29 is 18.7 Å². The Bertz CT molecular complexity index is 1310. The number of thioether (sulfide) groups is 1. The first-order valence-electron chi connectivity index (χ1n) is 12.2. The summed E-state index contributed by atoms with van der Waals surface area (Å²) in [5.41, 5.74) is 8.50. The lowest BCUT2D eigenvalue weighted by Gasteiger charge is -2.42. The number of nitrogens with two attached hydrogens (primary N) is 1. The van der Waals surface area contributed by atoms with Crippen LogP contribution in [0.15, 0.2) is 35.2 Å². The lowest BCUT2D eigenvalue weighted by atomic mass is 9.78. The minimum Gasteiger partial charge on any atom is -0.457 e. The summed E-state index contributed by atoms with van der Waals surface area (Å²) in [5, 5.41) is -0.438. The van der Waals surface area contributed by atoms with Gasteiger partial charge in [0.2, 0.25) is 0 Å². The van der Waals surface area contributed by atoms with Gasteiger partial charge >= 0.3 is 5.97 Å². The predicted molar refractivity (Wildman–Crippen MR) is 145 cm³/mol. The van der Waals surface area contributed by atoms with Gasteiger partial charge < -0.3 is 10.5 Å². The number of Topliss-reactive ketones (excluding diaryl/α,β-unsaturated/α-hetero) is 1. The molecule has 2 atom stereocenters. The molecule has 1 aromatic heterocycles. The van der Waals surface area contributed by atoms with E-state index in [1.807, 2.05) is 32.9 Å². The SMILES string of the molecule is Cc1cc(F)ccc1CC[C@@]1(C(C)C)CC(=O)C(Sc2cc3sc(N)nc3cc2C(C)(C)C)C(=O)O1. The Morgan fingerprint density at radius 3 is 2.58 bits per heavy atom. The molecule has 2 aromatic carbocycles. The van der Waals surface area contributed by atoms with Crippen molar-refractivity contribution in [3.8, 4) is 0 Å². The molecule has 1 aliphatic heterocycles. The maximum Gasteiger partial charge on any atom is 0.327 e. The molecule has 0 amide bonds. The second-order valence-electron chi connectivity index (χ2n) is 11.0. The molecule has 1 aliphatic rings. The molecule has 0 bridgehead atoms. The van der Waals surface area contributed by atoms with Crippen LogP contribution in [0, 0.1) is 18.7 Å². The number of anilines is 1. The van der Waals surface area contributed by atoms with Gasteiger partial charge in [0.05, 0.1) is 10.2 Å². The van der Waals surface area contributed by atoms with Crippen LogP contribution in [0.1, 0.15) is 64.2 Å². The minimum absolute atomic E-state index is 0.0428. The number of carbonyl (C=O) groups is 2. The van der Waals surface area contributed by atoms with Crippen molar-refractivity contribution >= 4 is 50.2 Å². The molecular weight excluding hydrogens is 495 g/mol. The van der Waals surface area contributed by atoms with Crippen LogP contribution in [0.5, 0.6) is 0 Å². The predicted octanol–water partition coefficient (Wildman–Crippen LogP) is 6.63. The van der Waals surface area contributed by atoms with E-state index in [0.29, 0.717) is 18.0 Å². The average Bonchev–Trinajstić information content (AvgIpc) is 3.13. The number of ether oxygens (including phenoxy) is 1. The van der Waals surface area contributed by atoms with Crippen LogP contribution in [0.4, 0.5) is 9.52 Å². The molecule has 1 fully saturated rings. The van der Waals surface area contributed by atoms with E-state index in [1.165, 1.54) is 35.2 Å². The van der Waals surface area contributed by atoms with Crippen molar-refractivity contribution in [2.75, 3.05) is 5.73 Å². The van der Waals surface area contributed by atoms with Gasteiger partial charge in [0.25, 0.3) is 0 Å². The molecule has 1 saturated heterocycles. The Morgan fingerprint density at radius 1 is 1.25 bits per heavy atom. The fraction of sp³-hybridized carbons (Fsp3) is 0.464. The van der Waals surface area contributed by atoms with Crippen molar-refractivity contribution in [3.63, 3.8) is 0 Å². The number of hydrogen-bond acceptors (Lipinski definition) is 7. The molecule has 36 heavy (non-hydrogen) atoms. The fourth-order valence-corrected chi connectivity index (χ4v) is 6.86. The summed E-state index contributed by atoms with van der Waals surface area (Å²) in [5.74, 6) is -0.935. The minimum atomic E-state index is -0.923. The lowest BCUT2D eigenvalue weighted by Crippen LogP contribution is -2.52. The standard InChI is InChI=1S/C28H33FN2O3S2/c1-15(2)28(10-9-17-7-8-18(29)11-16(17)3)14-21(32)24(25(33)34-28)35-22-13-23-20(31-26(30)36-23)12-19(22)27(4,5)6/h7-8,11-13,15,24H,9-10,14H2,1-6H3,(H2,30,31)/t24?,28-/m0/s1. The number of halogens is 1. The third-order valence-electron chi connectivity index (χ3n) is 7.02. The highest BCUT2D eigenvalue weighted by Gasteiger charge is 2.49. The van der Waals surface area contributed by atoms with Gasteiger partial charge in [-0.1, -0.05) is 52.0 Å². The molecule has 192 valence electrons. The third-order valence-corrected chi connectivity index (χ3v) is 9.15. The number of thiazole rings is 1. The molecule has 1 unspecified atom stereocenters. The molecule has 2 heterocycles. The van der Waals surface area contributed by atoms with Crippen molar-refractivity contribution in [1.29, 1.82) is 0 Å². The van der Waals surface area contributed by atoms with Gasteiger partial charge in [0.1, 0.15) is 11.4 Å². The van der Waals surface area contributed by atoms with Crippen LogP contribution >= 0.6 is 23.1 Å². The molecule has 0 radical (unpaired) electrons. The molecule has 4 rings (SSSR count). The highest BCUT2D eigenvalue weighted by atomic mass is 32.2. The largest absolute Gasteiger partial charge is 0.457 e. The normalized spacial score (nSPS) is 20.8. The number of hydrogen-bond donors (Lipinski definition) is 1. The molecular formula is C28H33FN2O3S2. The summed E-state index contributed by atoms with van der Waals surface area (Å²) in [6.07, 6.45) is 1.26. The summed E-state index contributed by atoms with van der Waals surface area (Å²) in [6.45, 7) is 12.1. The highest BCUT2D eigenvalue weighted by molar-refractivity contribution is 8.01. The highest BCUT2D eigenvalue weighted by Crippen LogP contribution is 2.44. The molecule has 0 spiro atoms. The quantitative estimate of drug-likeness (QED) is 0.286. The second-order valence-corrected chi connectivity index (χ2v) is 13.2. The van der Waals surface area contributed by atoms with E-state index in [-0.39, 0.29) is 29.4 Å². The first kappa shape index (κ1) is 26.6. The summed E-state index contributed by atoms with van der Waals surface area (Å²) in [4.78, 5) is 32.1. The monoisotopic (exact) mass is 528 g/mol. The van der Waals surface area contributed by atoms with E-state index in [1.54, 1.807) is 6.07 Å². The van der Waals surface area contributed by atoms with Crippen LogP contribution in [0.3, 0.4) is 0 Å². The zero-order chi connectivity index (χ0) is 26.4. The first-order valence-corrected chi connectivity index (χ1v) is 13.9. The van der Waals surface area contributed by atoms with Crippen LogP contribution in [0.25, 0.3) is 10.2 Å². The third kappa shape index (κ3) is 5.30. The number of ketones is 1. The molecule has 0 aliphatic carbocycles. The summed E-state index contributed by atoms with van der Waals surface area (Å²) >= 11 is 2.65. The van der Waals surface area contributed by atoms with Gasteiger partial charge in [-0.3, -0.25) is 9.59 Å². The summed E-state index contributed by atoms with van der Waals surface area (Å²) in [6, 6.07) is 8.70. The molecule has 8 heteroatoms. The topological polar surface area (TPSA) is 82.3 Å². The number of fused-ring (bicyclic) bond motifs is 1. The van der Waals surface area contributed by atoms with E-state index >= 15 is 0 Å². The maximum atomic E-state index is 13.5. The molecule has 5 nitrogen and oxygen atoms in total. The van der Waals surface area contributed by atoms with E-state index < -0.39 is 16.8 Å². The Balaban J connectivity index is 1.59. The van der Waals surface area contributed by atoms with Crippen LogP contribution in [0.2, 0.25) is 0 Å². The Morgan fingerprint density at radius 2 is 1.97 bits per heavy atom.